The van der Waals surface area contributed by atoms with Crippen LogP contribution in [-0.4, -0.2) is 181 Å². The van der Waals surface area contributed by atoms with Gasteiger partial charge in [-0.2, -0.15) is 8.42 Å². The van der Waals surface area contributed by atoms with Gasteiger partial charge in [0.15, 0.2) is 28.7 Å². The largest absolute Gasteiger partial charge is 0.541 e. The van der Waals surface area contributed by atoms with Gasteiger partial charge in [-0.1, -0.05) is 133 Å². The molecule has 4 aromatic carbocycles. The van der Waals surface area contributed by atoms with Crippen LogP contribution in [0.4, 0.5) is 13.5 Å². The molecular formula is C101H125FN6O28S2Si. The molecular weight excluding hydrogens is 1860 g/mol. The highest BCUT2D eigenvalue weighted by atomic mass is 32.3. The minimum Gasteiger partial charge on any atom is -0.541 e. The van der Waals surface area contributed by atoms with Crippen molar-refractivity contribution in [2.75, 3.05) is 27.4 Å². The van der Waals surface area contributed by atoms with Gasteiger partial charge in [0.05, 0.1) is 14.2 Å². The molecule has 0 saturated carbocycles. The number of ether oxygens (including phenoxy) is 12. The average Bonchev–Trinajstić information content (AvgIpc) is 0.996. The minimum atomic E-state index is -5.41. The lowest BCUT2D eigenvalue weighted by molar-refractivity contribution is -0.248. The van der Waals surface area contributed by atoms with Crippen LogP contribution < -0.4 is 37.1 Å². The monoisotopic (exact) mass is 1980 g/mol. The first-order chi connectivity index (χ1) is 64.9. The van der Waals surface area contributed by atoms with E-state index in [1.807, 2.05) is 52.0 Å². The standard InChI is InChI=1S/C47H53N3O14S.C29H30FN3O7S.C24H38O7Si.CH4/c1-29-30(2)45(61-41(28-58-31(3)51)42(29)59-32(4)52)60-39-11-9-10-12-40(39)63-65(55,56)64-43-36(15-13-33-17-21-48-22-18-33)25-35(26-37(43)16-14-34-19-23-49-24-20-34)27-38(44(53)57-8)50-46(54)62-47(5,6)7;1-29(2,3)39-28(35)33-25(27(34)38-4)19-22-17-23(7-5-20-9-13-31-14-10-20)26(40-41(30,36)37)24(18-22)8-6-21-11-15-32-16-12-21;1-15-16(2)23(30-21(14-27-17(3)25)22(15)28-18(4)26)29-19-12-10-11-13-20(19)31-32(8,9)24(5,6)7;/h9-26,29-30,38,41-42,45H,27-28H2,1-8H3,(H,50,54);5-18,25H,19H2,1-4H3,(H,33,35);10-13,15-16,21-23H,14H2,1-9H3;1H4/b15-13+,16-14+;7-5+,8-6+;;/t29-,30-,38+,41-,42-,45?;25-;15-,16-,21-,22-,23-;/m101./s1. The molecule has 0 bridgehead atoms. The first kappa shape index (κ1) is 113. The fourth-order valence-electron chi connectivity index (χ4n) is 13.5. The van der Waals surface area contributed by atoms with Crippen molar-refractivity contribution in [3.05, 3.63) is 227 Å². The second-order valence-corrected chi connectivity index (χ2v) is 42.7. The summed E-state index contributed by atoms with van der Waals surface area (Å²) in [6, 6.07) is 31.3. The number of hydrogen-bond acceptors (Lipinski definition) is 32. The molecule has 750 valence electrons. The van der Waals surface area contributed by atoms with Crippen molar-refractivity contribution in [3.63, 3.8) is 0 Å². The van der Waals surface area contributed by atoms with Crippen LogP contribution in [0.3, 0.4) is 0 Å². The number of hydrogen-bond donors (Lipinski definition) is 2. The Morgan fingerprint density at radius 3 is 1.04 bits per heavy atom. The number of pyridine rings is 4. The second kappa shape index (κ2) is 51.3. The molecule has 0 radical (unpaired) electrons. The molecule has 2 aliphatic rings. The zero-order valence-corrected chi connectivity index (χ0v) is 83.6. The van der Waals surface area contributed by atoms with Gasteiger partial charge in [-0.15, -0.1) is 8.42 Å². The number of benzene rings is 4. The Balaban J connectivity index is 0.000000304. The van der Waals surface area contributed by atoms with Crippen molar-refractivity contribution >= 4 is 126 Å². The lowest BCUT2D eigenvalue weighted by Gasteiger charge is -2.43. The third-order valence-electron chi connectivity index (χ3n) is 21.6. The molecule has 1 unspecified atom stereocenters. The number of amides is 2. The summed E-state index contributed by atoms with van der Waals surface area (Å²) >= 11 is 0. The second-order valence-electron chi connectivity index (χ2n) is 35.8. The predicted molar refractivity (Wildman–Crippen MR) is 521 cm³/mol. The predicted octanol–water partition coefficient (Wildman–Crippen LogP) is 17.6. The Kier molecular flexibility index (Phi) is 41.5. The molecule has 0 spiro atoms. The molecule has 8 aromatic rings. The molecule has 2 saturated heterocycles. The number of nitrogens with one attached hydrogen (secondary N) is 2. The van der Waals surface area contributed by atoms with Crippen LogP contribution >= 0.6 is 0 Å². The first-order valence-electron chi connectivity index (χ1n) is 44.1. The summed E-state index contributed by atoms with van der Waals surface area (Å²) in [6.07, 6.45) is 19.4. The highest BCUT2D eigenvalue weighted by Gasteiger charge is 2.48. The Morgan fingerprint density at radius 1 is 0.439 bits per heavy atom. The number of esters is 6. The molecule has 2 amide bonds. The van der Waals surface area contributed by atoms with Crippen molar-refractivity contribution in [1.29, 1.82) is 0 Å². The highest BCUT2D eigenvalue weighted by molar-refractivity contribution is 7.82. The highest BCUT2D eigenvalue weighted by Crippen LogP contribution is 2.44. The maximum absolute atomic E-state index is 14.1. The van der Waals surface area contributed by atoms with E-state index in [-0.39, 0.29) is 102 Å². The Morgan fingerprint density at radius 2 is 0.748 bits per heavy atom. The third-order valence-corrected chi connectivity index (χ3v) is 27.1. The normalized spacial score (nSPS) is 18.7. The van der Waals surface area contributed by atoms with Crippen molar-refractivity contribution in [1.82, 2.24) is 30.6 Å². The van der Waals surface area contributed by atoms with Crippen LogP contribution in [0.2, 0.25) is 18.1 Å². The number of alkyl carbamates (subject to hydrolysis) is 2. The SMILES string of the molecule is C.CC(=O)OC[C@H]1O[C@@H](Oc2ccccc2O[Si](C)(C)C(C)(C)C)[C@H](C)[C@@H](C)[C@H]1OC(C)=O.COC(=O)[C@H](Cc1cc(/C=C/c2ccncc2)c(OS(=O)(=O)F)c(/C=C/c2ccncc2)c1)NC(=O)OC(C)(C)C.COC(=O)[C@H](Cc1cc(/C=C/c2ccncc2)c(OS(=O)(=O)Oc2ccccc2OC2O[C@H](COC(C)=O)[C@H](OC(C)=O)[C@H](C)[C@H]2C)c(/C=C/c2ccncc2)c1)NC(=O)OC(C)(C)C. The van der Waals surface area contributed by atoms with E-state index >= 15 is 0 Å². The van der Waals surface area contributed by atoms with Gasteiger partial charge in [0, 0.05) is 136 Å². The number of rotatable bonds is 34. The quantitative estimate of drug-likeness (QED) is 0.0164. The van der Waals surface area contributed by atoms with Gasteiger partial charge in [0.2, 0.25) is 12.6 Å². The molecule has 10 rings (SSSR count). The summed E-state index contributed by atoms with van der Waals surface area (Å²) in [7, 11) is -10.1. The molecule has 12 atom stereocenters. The van der Waals surface area contributed by atoms with Crippen LogP contribution in [0.1, 0.15) is 181 Å². The topological polar surface area (TPSA) is 428 Å². The molecule has 38 heteroatoms. The molecule has 2 N–H and O–H groups in total. The van der Waals surface area contributed by atoms with Gasteiger partial charge < -0.3 is 84.5 Å². The van der Waals surface area contributed by atoms with Gasteiger partial charge in [0.1, 0.15) is 66.7 Å². The molecule has 0 aliphatic carbocycles. The van der Waals surface area contributed by atoms with Crippen LogP contribution in [-0.2, 0) is 110 Å². The van der Waals surface area contributed by atoms with Crippen molar-refractivity contribution in [3.8, 4) is 34.5 Å². The summed E-state index contributed by atoms with van der Waals surface area (Å²) in [5.41, 5.74) is 3.05. The number of carbonyl (C=O) groups excluding carboxylic acids is 8. The number of aromatic nitrogens is 4. The van der Waals surface area contributed by atoms with Gasteiger partial charge in [-0.05, 0) is 190 Å². The number of methoxy groups -OCH3 is 2. The van der Waals surface area contributed by atoms with E-state index in [9.17, 15) is 59.1 Å². The van der Waals surface area contributed by atoms with Crippen LogP contribution in [0.15, 0.2) is 171 Å². The lowest BCUT2D eigenvalue weighted by Crippen LogP contribution is -2.54. The van der Waals surface area contributed by atoms with Gasteiger partial charge in [-0.25, -0.2) is 19.2 Å². The molecule has 6 heterocycles. The fraction of sp³-hybridized carbons (Fsp3) is 0.406. The van der Waals surface area contributed by atoms with Crippen LogP contribution in [0.5, 0.6) is 34.5 Å². The number of para-hydroxylation sites is 4. The Hall–Kier alpha value is -13.4. The summed E-state index contributed by atoms with van der Waals surface area (Å²) in [4.78, 5) is 114. The van der Waals surface area contributed by atoms with E-state index < -0.39 is 143 Å². The first-order valence-corrected chi connectivity index (χ1v) is 49.6. The van der Waals surface area contributed by atoms with Crippen LogP contribution in [0.25, 0.3) is 48.6 Å². The number of nitrogens with zero attached hydrogens (tertiary/aromatic N) is 4. The smallest absolute Gasteiger partial charge is 0.501 e. The lowest BCUT2D eigenvalue weighted by atomic mass is 9.84. The van der Waals surface area contributed by atoms with Crippen molar-refractivity contribution in [2.24, 2.45) is 23.7 Å². The Bertz CT molecular complexity index is 5700. The fourth-order valence-corrected chi connectivity index (χ4v) is 15.8. The number of halogens is 1. The summed E-state index contributed by atoms with van der Waals surface area (Å²) in [6.45, 7) is 33.6. The number of carbonyl (C=O) groups is 8. The van der Waals surface area contributed by atoms with Gasteiger partial charge >= 0.3 is 68.9 Å². The molecule has 2 aliphatic heterocycles. The van der Waals surface area contributed by atoms with E-state index in [1.54, 1.807) is 194 Å². The van der Waals surface area contributed by atoms with E-state index in [1.165, 1.54) is 84.4 Å². The van der Waals surface area contributed by atoms with E-state index in [0.29, 0.717) is 22.6 Å². The third kappa shape index (κ3) is 36.8. The summed E-state index contributed by atoms with van der Waals surface area (Å²) in [5, 5.41) is 5.12. The average molecular weight is 1980 g/mol. The van der Waals surface area contributed by atoms with Crippen LogP contribution in [0, 0.1) is 23.7 Å². The molecule has 4 aromatic heterocycles. The van der Waals surface area contributed by atoms with Crippen molar-refractivity contribution < 1.29 is 133 Å². The minimum absolute atomic E-state index is 0. The van der Waals surface area contributed by atoms with E-state index in [0.717, 1.165) is 22.3 Å². The molecule has 139 heavy (non-hydrogen) atoms. The Labute approximate surface area is 813 Å². The maximum Gasteiger partial charge on any atom is 0.501 e. The van der Waals surface area contributed by atoms with E-state index in [2.05, 4.69) is 64.4 Å². The van der Waals surface area contributed by atoms with Gasteiger partial charge in [0.25, 0.3) is 8.32 Å². The summed E-state index contributed by atoms with van der Waals surface area (Å²) in [5.74, 6) is -3.79. The molecule has 34 nitrogen and oxygen atoms in total. The van der Waals surface area contributed by atoms with E-state index in [4.69, 9.17) is 73.8 Å². The summed E-state index contributed by atoms with van der Waals surface area (Å²) < 4.78 is 155. The zero-order valence-electron chi connectivity index (χ0n) is 81.0. The zero-order chi connectivity index (χ0) is 102. The molecule has 2 fully saturated rings. The maximum atomic E-state index is 14.1. The van der Waals surface area contributed by atoms with Crippen molar-refractivity contribution in [2.45, 2.75) is 216 Å². The van der Waals surface area contributed by atoms with Gasteiger partial charge in [-0.3, -0.25) is 39.1 Å².